The first-order valence-corrected chi connectivity index (χ1v) is 14.1. The fourth-order valence-corrected chi connectivity index (χ4v) is 7.16. The Morgan fingerprint density at radius 2 is 1.93 bits per heavy atom. The van der Waals surface area contributed by atoms with Gasteiger partial charge in [-0.05, 0) is 99.2 Å². The molecule has 0 heterocycles. The molecule has 5 atom stereocenters. The number of aryl methyl sites for hydroxylation is 1. The standard InChI is InChI=1S/C23H34O3Si/c1-15(24)25-22-11-10-21-20-8-6-16-14-17(26-27(3,4)5)7-9-18(16)19(20)12-13-23(21,22)2/h7,9,14,19-22H,6,8,10-13H2,1-5H3/t19-,20-,21+,22?,23+/m1/s1. The van der Waals surface area contributed by atoms with Gasteiger partial charge in [-0.25, -0.2) is 0 Å². The Labute approximate surface area is 165 Å². The first-order chi connectivity index (χ1) is 12.7. The number of fused-ring (bicyclic) bond motifs is 5. The van der Waals surface area contributed by atoms with Gasteiger partial charge in [0.15, 0.2) is 0 Å². The number of carbonyl (C=O) groups is 1. The van der Waals surface area contributed by atoms with Crippen molar-refractivity contribution in [1.29, 1.82) is 0 Å². The van der Waals surface area contributed by atoms with Crippen LogP contribution in [0.2, 0.25) is 19.6 Å². The van der Waals surface area contributed by atoms with Gasteiger partial charge in [0.2, 0.25) is 8.32 Å². The van der Waals surface area contributed by atoms with Crippen LogP contribution < -0.4 is 4.43 Å². The van der Waals surface area contributed by atoms with Gasteiger partial charge in [-0.1, -0.05) is 13.0 Å². The highest BCUT2D eigenvalue weighted by atomic mass is 28.4. The zero-order valence-electron chi connectivity index (χ0n) is 17.5. The van der Waals surface area contributed by atoms with Crippen molar-refractivity contribution in [3.8, 4) is 5.75 Å². The highest BCUT2D eigenvalue weighted by Gasteiger charge is 2.56. The second-order valence-electron chi connectivity index (χ2n) is 10.2. The average Bonchev–Trinajstić information content (AvgIpc) is 2.89. The van der Waals surface area contributed by atoms with Crippen LogP contribution in [0, 0.1) is 17.3 Å². The molecule has 0 spiro atoms. The number of rotatable bonds is 3. The van der Waals surface area contributed by atoms with Gasteiger partial charge in [0.1, 0.15) is 11.9 Å². The summed E-state index contributed by atoms with van der Waals surface area (Å²) in [4.78, 5) is 11.6. The SMILES string of the molecule is CC(=O)OC1CC[C@H]2[C@@H]3CCc4cc(O[Si](C)(C)C)ccc4[C@H]3CC[C@]12C. The van der Waals surface area contributed by atoms with E-state index in [1.54, 1.807) is 12.5 Å². The van der Waals surface area contributed by atoms with E-state index < -0.39 is 8.32 Å². The molecule has 148 valence electrons. The Bertz CT molecular complexity index is 738. The molecule has 0 amide bonds. The molecule has 0 saturated heterocycles. The summed E-state index contributed by atoms with van der Waals surface area (Å²) in [5.41, 5.74) is 3.24. The van der Waals surface area contributed by atoms with E-state index in [9.17, 15) is 4.79 Å². The minimum absolute atomic E-state index is 0.118. The number of esters is 1. The molecule has 0 aliphatic heterocycles. The number of hydrogen-bond donors (Lipinski definition) is 0. The molecule has 1 aromatic rings. The largest absolute Gasteiger partial charge is 0.544 e. The normalized spacial score (nSPS) is 35.0. The molecule has 0 radical (unpaired) electrons. The molecule has 2 saturated carbocycles. The van der Waals surface area contributed by atoms with Gasteiger partial charge in [0.05, 0.1) is 0 Å². The van der Waals surface area contributed by atoms with Crippen molar-refractivity contribution in [1.82, 2.24) is 0 Å². The van der Waals surface area contributed by atoms with Crippen LogP contribution in [-0.2, 0) is 16.0 Å². The molecule has 3 aliphatic carbocycles. The highest BCUT2D eigenvalue weighted by Crippen LogP contribution is 2.61. The van der Waals surface area contributed by atoms with Crippen LogP contribution in [0.1, 0.15) is 63.0 Å². The van der Waals surface area contributed by atoms with E-state index >= 15 is 0 Å². The number of ether oxygens (including phenoxy) is 1. The Morgan fingerprint density at radius 3 is 2.63 bits per heavy atom. The maximum atomic E-state index is 11.6. The molecule has 3 nitrogen and oxygen atoms in total. The van der Waals surface area contributed by atoms with Crippen molar-refractivity contribution in [3.63, 3.8) is 0 Å². The van der Waals surface area contributed by atoms with E-state index in [2.05, 4.69) is 44.8 Å². The van der Waals surface area contributed by atoms with E-state index in [1.807, 2.05) is 0 Å². The monoisotopic (exact) mass is 386 g/mol. The summed E-state index contributed by atoms with van der Waals surface area (Å²) >= 11 is 0. The summed E-state index contributed by atoms with van der Waals surface area (Å²) in [6, 6.07) is 6.86. The smallest absolute Gasteiger partial charge is 0.302 e. The summed E-state index contributed by atoms with van der Waals surface area (Å²) in [5, 5.41) is 0. The number of carbonyl (C=O) groups excluding carboxylic acids is 1. The predicted octanol–water partition coefficient (Wildman–Crippen LogP) is 5.69. The fourth-order valence-electron chi connectivity index (χ4n) is 6.32. The second-order valence-corrected chi connectivity index (χ2v) is 14.6. The highest BCUT2D eigenvalue weighted by molar-refractivity contribution is 6.70. The minimum Gasteiger partial charge on any atom is -0.544 e. The van der Waals surface area contributed by atoms with E-state index in [0.717, 1.165) is 24.5 Å². The molecular formula is C23H34O3Si. The lowest BCUT2D eigenvalue weighted by Crippen LogP contribution is -2.45. The van der Waals surface area contributed by atoms with Gasteiger partial charge in [-0.3, -0.25) is 4.79 Å². The molecule has 0 bridgehead atoms. The lowest BCUT2D eigenvalue weighted by atomic mass is 9.55. The number of hydrogen-bond acceptors (Lipinski definition) is 3. The van der Waals surface area contributed by atoms with Crippen LogP contribution in [0.15, 0.2) is 18.2 Å². The van der Waals surface area contributed by atoms with Gasteiger partial charge in [0, 0.05) is 12.3 Å². The van der Waals surface area contributed by atoms with Crippen LogP contribution in [0.5, 0.6) is 5.75 Å². The predicted molar refractivity (Wildman–Crippen MR) is 111 cm³/mol. The van der Waals surface area contributed by atoms with Crippen molar-refractivity contribution < 1.29 is 14.0 Å². The quantitative estimate of drug-likeness (QED) is 0.494. The maximum absolute atomic E-state index is 11.6. The number of benzene rings is 1. The maximum Gasteiger partial charge on any atom is 0.302 e. The molecule has 2 fully saturated rings. The zero-order valence-corrected chi connectivity index (χ0v) is 18.5. The van der Waals surface area contributed by atoms with Gasteiger partial charge in [-0.2, -0.15) is 0 Å². The lowest BCUT2D eigenvalue weighted by Gasteiger charge is -2.50. The summed E-state index contributed by atoms with van der Waals surface area (Å²) in [6.45, 7) is 10.7. The molecular weight excluding hydrogens is 352 g/mol. The average molecular weight is 387 g/mol. The molecule has 27 heavy (non-hydrogen) atoms. The third-order valence-corrected chi connectivity index (χ3v) is 8.19. The van der Waals surface area contributed by atoms with Crippen LogP contribution >= 0.6 is 0 Å². The fraction of sp³-hybridized carbons (Fsp3) is 0.696. The molecule has 1 unspecified atom stereocenters. The zero-order chi connectivity index (χ0) is 19.4. The molecule has 4 heteroatoms. The van der Waals surface area contributed by atoms with Crippen molar-refractivity contribution >= 4 is 14.3 Å². The summed E-state index contributed by atoms with van der Waals surface area (Å²) < 4.78 is 12.0. The van der Waals surface area contributed by atoms with Crippen LogP contribution in [0.25, 0.3) is 0 Å². The van der Waals surface area contributed by atoms with E-state index in [-0.39, 0.29) is 17.5 Å². The van der Waals surface area contributed by atoms with Crippen LogP contribution in [-0.4, -0.2) is 20.4 Å². The summed E-state index contributed by atoms with van der Waals surface area (Å²) in [7, 11) is -1.57. The van der Waals surface area contributed by atoms with Gasteiger partial charge in [-0.15, -0.1) is 0 Å². The Hall–Kier alpha value is -1.29. The van der Waals surface area contributed by atoms with Gasteiger partial charge in [0.25, 0.3) is 0 Å². The van der Waals surface area contributed by atoms with Crippen LogP contribution in [0.4, 0.5) is 0 Å². The molecule has 0 aromatic heterocycles. The van der Waals surface area contributed by atoms with Crippen molar-refractivity contribution in [2.24, 2.45) is 17.3 Å². The topological polar surface area (TPSA) is 35.5 Å². The Kier molecular flexibility index (Phi) is 4.69. The third kappa shape index (κ3) is 3.46. The van der Waals surface area contributed by atoms with Gasteiger partial charge >= 0.3 is 5.97 Å². The van der Waals surface area contributed by atoms with E-state index in [4.69, 9.17) is 9.16 Å². The molecule has 0 N–H and O–H groups in total. The molecule has 3 aliphatic rings. The van der Waals surface area contributed by atoms with Crippen molar-refractivity contribution in [2.45, 2.75) is 84.0 Å². The summed E-state index contributed by atoms with van der Waals surface area (Å²) in [5.74, 6) is 3.03. The first kappa shape index (κ1) is 19.0. The van der Waals surface area contributed by atoms with E-state index in [0.29, 0.717) is 11.8 Å². The van der Waals surface area contributed by atoms with Crippen LogP contribution in [0.3, 0.4) is 0 Å². The Balaban J connectivity index is 1.57. The molecule has 1 aromatic carbocycles. The van der Waals surface area contributed by atoms with Crippen molar-refractivity contribution in [3.05, 3.63) is 29.3 Å². The summed E-state index contributed by atoms with van der Waals surface area (Å²) in [6.07, 6.45) is 7.18. The Morgan fingerprint density at radius 1 is 1.15 bits per heavy atom. The lowest BCUT2D eigenvalue weighted by molar-refractivity contribution is -0.154. The second kappa shape index (κ2) is 6.65. The molecule has 4 rings (SSSR count). The van der Waals surface area contributed by atoms with E-state index in [1.165, 1.54) is 31.2 Å². The third-order valence-electron chi connectivity index (χ3n) is 7.34. The first-order valence-electron chi connectivity index (χ1n) is 10.7. The minimum atomic E-state index is -1.57. The van der Waals surface area contributed by atoms with Gasteiger partial charge < -0.3 is 9.16 Å². The van der Waals surface area contributed by atoms with Crippen molar-refractivity contribution in [2.75, 3.05) is 0 Å².